The lowest BCUT2D eigenvalue weighted by atomic mass is 9.43. The van der Waals surface area contributed by atoms with E-state index in [9.17, 15) is 38.1 Å². The SMILES string of the molecule is C[C@]12CCC(=O)C=C1CC[C@@H]1[C@@H]2[C@@H](O)C[C@@]2(C)[C@H]1CC[C@@]2(C(=O)CO)C(CS(=O)(=O)c1ccccc1)C(=O)O. The maximum absolute atomic E-state index is 13.7. The number of hydrogen-bond donors (Lipinski definition) is 3. The van der Waals surface area contributed by atoms with Crippen LogP contribution < -0.4 is 0 Å². The van der Waals surface area contributed by atoms with Crippen LogP contribution in [0.4, 0.5) is 0 Å². The number of carbonyl (C=O) groups excluding carboxylic acids is 2. The second kappa shape index (κ2) is 9.63. The fourth-order valence-electron chi connectivity index (χ4n) is 9.48. The molecule has 1 aromatic rings. The minimum Gasteiger partial charge on any atom is -0.481 e. The Hall–Kier alpha value is -2.36. The molecule has 4 aliphatic rings. The van der Waals surface area contributed by atoms with E-state index >= 15 is 0 Å². The van der Waals surface area contributed by atoms with E-state index < -0.39 is 56.8 Å². The summed E-state index contributed by atoms with van der Waals surface area (Å²) in [5.74, 6) is -4.57. The second-order valence-corrected chi connectivity index (χ2v) is 14.7. The number of sulfone groups is 1. The highest BCUT2D eigenvalue weighted by molar-refractivity contribution is 7.91. The molecule has 9 heteroatoms. The van der Waals surface area contributed by atoms with Crippen molar-refractivity contribution >= 4 is 27.4 Å². The van der Waals surface area contributed by atoms with Crippen LogP contribution in [-0.4, -0.2) is 59.7 Å². The van der Waals surface area contributed by atoms with Gasteiger partial charge in [-0.25, -0.2) is 8.42 Å². The molecule has 0 amide bonds. The monoisotopic (exact) mass is 558 g/mol. The van der Waals surface area contributed by atoms with Gasteiger partial charge in [-0.3, -0.25) is 14.4 Å². The van der Waals surface area contributed by atoms with Crippen LogP contribution in [0.25, 0.3) is 0 Å². The number of allylic oxidation sites excluding steroid dienone is 1. The zero-order valence-electron chi connectivity index (χ0n) is 22.5. The normalized spacial score (nSPS) is 38.7. The number of Topliss-reactive ketones (excluding diaryl/α,β-unsaturated/α-hetero) is 1. The summed E-state index contributed by atoms with van der Waals surface area (Å²) in [7, 11) is -4.07. The predicted molar refractivity (Wildman–Crippen MR) is 142 cm³/mol. The fourth-order valence-corrected chi connectivity index (χ4v) is 11.1. The number of hydrogen-bond acceptors (Lipinski definition) is 7. The van der Waals surface area contributed by atoms with Crippen molar-refractivity contribution in [2.24, 2.45) is 39.9 Å². The third-order valence-electron chi connectivity index (χ3n) is 11.2. The fraction of sp³-hybridized carbons (Fsp3) is 0.633. The van der Waals surface area contributed by atoms with Crippen molar-refractivity contribution in [3.63, 3.8) is 0 Å². The van der Waals surface area contributed by atoms with Gasteiger partial charge in [0.25, 0.3) is 0 Å². The Morgan fingerprint density at radius 1 is 1.08 bits per heavy atom. The van der Waals surface area contributed by atoms with Crippen molar-refractivity contribution in [3.8, 4) is 0 Å². The summed E-state index contributed by atoms with van der Waals surface area (Å²) in [5, 5.41) is 32.4. The van der Waals surface area contributed by atoms with Crippen LogP contribution in [0.15, 0.2) is 46.9 Å². The number of fused-ring (bicyclic) bond motifs is 5. The van der Waals surface area contributed by atoms with Crippen molar-refractivity contribution in [2.45, 2.75) is 69.8 Å². The van der Waals surface area contributed by atoms with Crippen LogP contribution in [0.2, 0.25) is 0 Å². The third-order valence-corrected chi connectivity index (χ3v) is 12.9. The molecule has 39 heavy (non-hydrogen) atoms. The zero-order chi connectivity index (χ0) is 28.4. The van der Waals surface area contributed by atoms with E-state index in [0.29, 0.717) is 32.1 Å². The molecule has 212 valence electrons. The molecule has 0 aliphatic heterocycles. The molecule has 5 rings (SSSR count). The number of aliphatic hydroxyl groups is 2. The summed E-state index contributed by atoms with van der Waals surface area (Å²) in [6.45, 7) is 3.05. The van der Waals surface area contributed by atoms with Gasteiger partial charge in [-0.1, -0.05) is 37.6 Å². The molecule has 0 spiro atoms. The summed E-state index contributed by atoms with van der Waals surface area (Å²) >= 11 is 0. The van der Waals surface area contributed by atoms with Crippen LogP contribution in [0.1, 0.15) is 58.8 Å². The number of carboxylic acids is 1. The molecule has 3 saturated carbocycles. The molecular weight excluding hydrogens is 520 g/mol. The van der Waals surface area contributed by atoms with Gasteiger partial charge in [0.1, 0.15) is 6.61 Å². The highest BCUT2D eigenvalue weighted by atomic mass is 32.2. The molecule has 0 heterocycles. The molecule has 1 aromatic carbocycles. The number of aliphatic carboxylic acids is 1. The van der Waals surface area contributed by atoms with E-state index in [2.05, 4.69) is 6.92 Å². The average Bonchev–Trinajstić information content (AvgIpc) is 3.20. The van der Waals surface area contributed by atoms with E-state index in [1.165, 1.54) is 12.1 Å². The van der Waals surface area contributed by atoms with Gasteiger partial charge in [0.15, 0.2) is 21.4 Å². The van der Waals surface area contributed by atoms with Crippen LogP contribution in [0.3, 0.4) is 0 Å². The van der Waals surface area contributed by atoms with Gasteiger partial charge in [0.05, 0.1) is 28.1 Å². The molecule has 8 nitrogen and oxygen atoms in total. The maximum Gasteiger partial charge on any atom is 0.308 e. The van der Waals surface area contributed by atoms with Crippen molar-refractivity contribution in [3.05, 3.63) is 42.0 Å². The number of aliphatic hydroxyl groups excluding tert-OH is 2. The number of ketones is 2. The van der Waals surface area contributed by atoms with Gasteiger partial charge in [0.2, 0.25) is 0 Å². The van der Waals surface area contributed by atoms with Gasteiger partial charge in [-0.05, 0) is 85.3 Å². The first-order chi connectivity index (χ1) is 18.3. The first-order valence-electron chi connectivity index (χ1n) is 13.9. The van der Waals surface area contributed by atoms with Crippen LogP contribution >= 0.6 is 0 Å². The van der Waals surface area contributed by atoms with E-state index in [0.717, 1.165) is 5.57 Å². The molecule has 4 aliphatic carbocycles. The summed E-state index contributed by atoms with van der Waals surface area (Å²) in [4.78, 5) is 38.8. The van der Waals surface area contributed by atoms with Crippen LogP contribution in [-0.2, 0) is 24.2 Å². The Balaban J connectivity index is 1.59. The molecule has 1 unspecified atom stereocenters. The molecule has 0 aromatic heterocycles. The molecular formula is C30H38O8S. The maximum atomic E-state index is 13.7. The van der Waals surface area contributed by atoms with Gasteiger partial charge in [-0.2, -0.15) is 0 Å². The molecule has 0 radical (unpaired) electrons. The number of benzene rings is 1. The Bertz CT molecular complexity index is 1320. The predicted octanol–water partition coefficient (Wildman–Crippen LogP) is 3.21. The minimum absolute atomic E-state index is 0.0114. The Morgan fingerprint density at radius 2 is 1.77 bits per heavy atom. The summed E-state index contributed by atoms with van der Waals surface area (Å²) in [6.07, 6.45) is 4.15. The Morgan fingerprint density at radius 3 is 2.41 bits per heavy atom. The van der Waals surface area contributed by atoms with Crippen molar-refractivity contribution < 1.29 is 38.1 Å². The quantitative estimate of drug-likeness (QED) is 0.462. The Labute approximate surface area is 229 Å². The van der Waals surface area contributed by atoms with Crippen molar-refractivity contribution in [1.29, 1.82) is 0 Å². The van der Waals surface area contributed by atoms with E-state index in [-0.39, 0.29) is 46.7 Å². The lowest BCUT2D eigenvalue weighted by Crippen LogP contribution is -2.62. The van der Waals surface area contributed by atoms with Crippen LogP contribution in [0.5, 0.6) is 0 Å². The number of carboxylic acid groups (broad SMARTS) is 1. The highest BCUT2D eigenvalue weighted by Gasteiger charge is 2.71. The van der Waals surface area contributed by atoms with E-state index in [1.807, 2.05) is 6.92 Å². The summed E-state index contributed by atoms with van der Waals surface area (Å²) in [5.41, 5.74) is -1.96. The summed E-state index contributed by atoms with van der Waals surface area (Å²) in [6, 6.07) is 7.61. The average molecular weight is 559 g/mol. The molecule has 0 saturated heterocycles. The largest absolute Gasteiger partial charge is 0.481 e. The second-order valence-electron chi connectivity index (χ2n) is 12.7. The minimum atomic E-state index is -4.07. The van der Waals surface area contributed by atoms with Gasteiger partial charge in [-0.15, -0.1) is 0 Å². The van der Waals surface area contributed by atoms with E-state index in [1.54, 1.807) is 24.3 Å². The Kier molecular flexibility index (Phi) is 6.96. The van der Waals surface area contributed by atoms with Crippen molar-refractivity contribution in [2.75, 3.05) is 12.4 Å². The highest BCUT2D eigenvalue weighted by Crippen LogP contribution is 2.71. The topological polar surface area (TPSA) is 146 Å². The van der Waals surface area contributed by atoms with Crippen LogP contribution in [0, 0.1) is 39.9 Å². The van der Waals surface area contributed by atoms with Gasteiger partial charge >= 0.3 is 5.97 Å². The lowest BCUT2D eigenvalue weighted by Gasteiger charge is -2.61. The third kappa shape index (κ3) is 4.06. The molecule has 3 fully saturated rings. The first kappa shape index (κ1) is 28.2. The standard InChI is InChI=1S/C30H38O8S/c1-28-12-10-19(32)14-18(28)8-9-21-22-11-13-30(25(34)16-31,29(22,2)15-24(33)26(21)28)23(27(35)36)17-39(37,38)20-6-4-3-5-7-20/h3-7,14,21-24,26,31,33H,8-13,15-17H2,1-2H3,(H,35,36)/t21-,22-,23?,24-,26+,28-,29-,30-/m0/s1. The molecule has 0 bridgehead atoms. The smallest absolute Gasteiger partial charge is 0.308 e. The van der Waals surface area contributed by atoms with Gasteiger partial charge < -0.3 is 15.3 Å². The van der Waals surface area contributed by atoms with Gasteiger partial charge in [0, 0.05) is 6.42 Å². The molecule has 8 atom stereocenters. The molecule has 3 N–H and O–H groups in total. The summed E-state index contributed by atoms with van der Waals surface area (Å²) < 4.78 is 26.8. The number of carbonyl (C=O) groups is 3. The zero-order valence-corrected chi connectivity index (χ0v) is 23.3. The lowest BCUT2D eigenvalue weighted by molar-refractivity contribution is -0.178. The van der Waals surface area contributed by atoms with Crippen molar-refractivity contribution in [1.82, 2.24) is 0 Å². The number of rotatable bonds is 7. The first-order valence-corrected chi connectivity index (χ1v) is 15.5. The van der Waals surface area contributed by atoms with E-state index in [4.69, 9.17) is 0 Å².